The van der Waals surface area contributed by atoms with Crippen LogP contribution in [0.5, 0.6) is 0 Å². The van der Waals surface area contributed by atoms with Crippen LogP contribution in [0, 0.1) is 27.4 Å². The van der Waals surface area contributed by atoms with E-state index in [1.165, 1.54) is 56.4 Å². The molecule has 0 unspecified atom stereocenters. The summed E-state index contributed by atoms with van der Waals surface area (Å²) in [4.78, 5) is 22.8. The molecule has 0 bridgehead atoms. The molecule has 0 heterocycles. The molecule has 3 rings (SSSR count). The topological polar surface area (TPSA) is 69.4 Å². The predicted molar refractivity (Wildman–Crippen MR) is 95.4 cm³/mol. The average Bonchev–Trinajstić information content (AvgIpc) is 2.92. The van der Waals surface area contributed by atoms with Crippen LogP contribution in [0.4, 0.5) is 5.69 Å². The molecular formula is C20H27NO4. The van der Waals surface area contributed by atoms with Gasteiger partial charge in [0.25, 0.3) is 5.69 Å². The van der Waals surface area contributed by atoms with E-state index in [0.717, 1.165) is 6.42 Å². The van der Waals surface area contributed by atoms with E-state index in [1.54, 1.807) is 0 Å². The largest absolute Gasteiger partial charge is 0.456 e. The van der Waals surface area contributed by atoms with Crippen molar-refractivity contribution in [3.8, 4) is 0 Å². The summed E-state index contributed by atoms with van der Waals surface area (Å²) < 4.78 is 5.89. The van der Waals surface area contributed by atoms with Crippen molar-refractivity contribution in [3.05, 3.63) is 39.9 Å². The van der Waals surface area contributed by atoms with Gasteiger partial charge in [0, 0.05) is 18.1 Å². The predicted octanol–water partition coefficient (Wildman–Crippen LogP) is 5.14. The van der Waals surface area contributed by atoms with Gasteiger partial charge in [0.1, 0.15) is 5.60 Å². The second kappa shape index (κ2) is 6.43. The maximum atomic E-state index is 12.5. The third-order valence-electron chi connectivity index (χ3n) is 6.48. The molecule has 0 aliphatic heterocycles. The summed E-state index contributed by atoms with van der Waals surface area (Å²) in [6, 6.07) is 5.63. The smallest absolute Gasteiger partial charge is 0.338 e. The third kappa shape index (κ3) is 3.42. The van der Waals surface area contributed by atoms with Crippen LogP contribution in [0.1, 0.15) is 69.7 Å². The number of ether oxygens (including phenoxy) is 1. The SMILES string of the molecule is CC(C)(OC(=O)c1ccc([N+](=O)[O-])cc1)[C@@H]1CC[C@@]2(C)CCCC[C@H]12. The van der Waals surface area contributed by atoms with Gasteiger partial charge in [0.2, 0.25) is 0 Å². The van der Waals surface area contributed by atoms with Crippen molar-refractivity contribution in [2.75, 3.05) is 0 Å². The van der Waals surface area contributed by atoms with Crippen molar-refractivity contribution in [1.82, 2.24) is 0 Å². The number of non-ortho nitro benzene ring substituents is 1. The van der Waals surface area contributed by atoms with E-state index in [9.17, 15) is 14.9 Å². The highest BCUT2D eigenvalue weighted by molar-refractivity contribution is 5.89. The van der Waals surface area contributed by atoms with Gasteiger partial charge in [-0.15, -0.1) is 0 Å². The number of nitro groups is 1. The Morgan fingerprint density at radius 2 is 1.88 bits per heavy atom. The van der Waals surface area contributed by atoms with Gasteiger partial charge >= 0.3 is 5.97 Å². The van der Waals surface area contributed by atoms with E-state index in [2.05, 4.69) is 6.92 Å². The second-order valence-electron chi connectivity index (χ2n) is 8.45. The van der Waals surface area contributed by atoms with Gasteiger partial charge in [-0.2, -0.15) is 0 Å². The molecule has 5 nitrogen and oxygen atoms in total. The maximum Gasteiger partial charge on any atom is 0.338 e. The van der Waals surface area contributed by atoms with Crippen LogP contribution in [0.3, 0.4) is 0 Å². The summed E-state index contributed by atoms with van der Waals surface area (Å²) in [7, 11) is 0. The Hall–Kier alpha value is -1.91. The number of nitro benzene ring substituents is 1. The van der Waals surface area contributed by atoms with Crippen LogP contribution < -0.4 is 0 Å². The molecule has 0 spiro atoms. The molecule has 0 amide bonds. The minimum atomic E-state index is -0.529. The summed E-state index contributed by atoms with van der Waals surface area (Å²) >= 11 is 0. The van der Waals surface area contributed by atoms with E-state index in [4.69, 9.17) is 4.74 Å². The summed E-state index contributed by atoms with van der Waals surface area (Å²) in [6.07, 6.45) is 7.38. The fourth-order valence-corrected chi connectivity index (χ4v) is 5.04. The van der Waals surface area contributed by atoms with Crippen molar-refractivity contribution < 1.29 is 14.5 Å². The summed E-state index contributed by atoms with van der Waals surface area (Å²) in [5.74, 6) is 0.588. The standard InChI is InChI=1S/C20H27NO4/c1-19(2,16-11-13-20(3)12-5-4-6-17(16)20)25-18(22)14-7-9-15(10-8-14)21(23)24/h7-10,16-17H,4-6,11-13H2,1-3H3/t16-,17-,20-/m1/s1. The van der Waals surface area contributed by atoms with Crippen LogP contribution in [-0.2, 0) is 4.74 Å². The van der Waals surface area contributed by atoms with E-state index in [1.807, 2.05) is 13.8 Å². The van der Waals surface area contributed by atoms with Crippen LogP contribution >= 0.6 is 0 Å². The molecule has 2 saturated carbocycles. The van der Waals surface area contributed by atoms with Crippen molar-refractivity contribution in [2.24, 2.45) is 17.3 Å². The van der Waals surface area contributed by atoms with Gasteiger partial charge in [-0.05, 0) is 63.0 Å². The molecule has 0 N–H and O–H groups in total. The van der Waals surface area contributed by atoms with Crippen molar-refractivity contribution in [3.63, 3.8) is 0 Å². The summed E-state index contributed by atoms with van der Waals surface area (Å²) in [5.41, 5.74) is 0.200. The minimum Gasteiger partial charge on any atom is -0.456 e. The number of hydrogen-bond donors (Lipinski definition) is 0. The fraction of sp³-hybridized carbons (Fsp3) is 0.650. The van der Waals surface area contributed by atoms with E-state index in [0.29, 0.717) is 22.8 Å². The molecule has 2 fully saturated rings. The van der Waals surface area contributed by atoms with Crippen molar-refractivity contribution >= 4 is 11.7 Å². The lowest BCUT2D eigenvalue weighted by molar-refractivity contribution is -0.384. The van der Waals surface area contributed by atoms with Crippen LogP contribution in [-0.4, -0.2) is 16.5 Å². The molecule has 25 heavy (non-hydrogen) atoms. The second-order valence-corrected chi connectivity index (χ2v) is 8.45. The fourth-order valence-electron chi connectivity index (χ4n) is 5.04. The van der Waals surface area contributed by atoms with Gasteiger partial charge < -0.3 is 4.74 Å². The first-order valence-electron chi connectivity index (χ1n) is 9.21. The Morgan fingerprint density at radius 3 is 2.52 bits per heavy atom. The van der Waals surface area contributed by atoms with Crippen molar-refractivity contribution in [2.45, 2.75) is 64.9 Å². The molecule has 0 aromatic heterocycles. The average molecular weight is 345 g/mol. The number of carbonyl (C=O) groups excluding carboxylic acids is 1. The first-order chi connectivity index (χ1) is 11.7. The Morgan fingerprint density at radius 1 is 1.20 bits per heavy atom. The zero-order valence-electron chi connectivity index (χ0n) is 15.3. The Labute approximate surface area is 148 Å². The lowest BCUT2D eigenvalue weighted by atomic mass is 9.65. The normalized spacial score (nSPS) is 29.1. The van der Waals surface area contributed by atoms with Gasteiger partial charge in [-0.3, -0.25) is 10.1 Å². The number of benzene rings is 1. The van der Waals surface area contributed by atoms with Crippen LogP contribution in [0.2, 0.25) is 0 Å². The number of esters is 1. The van der Waals surface area contributed by atoms with E-state index < -0.39 is 16.5 Å². The number of fused-ring (bicyclic) bond motifs is 1. The van der Waals surface area contributed by atoms with Gasteiger partial charge in [0.15, 0.2) is 0 Å². The zero-order valence-corrected chi connectivity index (χ0v) is 15.3. The molecular weight excluding hydrogens is 318 g/mol. The summed E-state index contributed by atoms with van der Waals surface area (Å²) in [6.45, 7) is 6.42. The quantitative estimate of drug-likeness (QED) is 0.430. The molecule has 136 valence electrons. The number of nitrogens with zero attached hydrogens (tertiary/aromatic N) is 1. The highest BCUT2D eigenvalue weighted by Gasteiger charge is 2.52. The molecule has 1 aromatic carbocycles. The summed E-state index contributed by atoms with van der Waals surface area (Å²) in [5, 5.41) is 10.7. The lowest BCUT2D eigenvalue weighted by Gasteiger charge is -2.43. The van der Waals surface area contributed by atoms with Crippen LogP contribution in [0.15, 0.2) is 24.3 Å². The molecule has 2 aliphatic carbocycles. The van der Waals surface area contributed by atoms with Crippen molar-refractivity contribution in [1.29, 1.82) is 0 Å². The Kier molecular flexibility index (Phi) is 4.60. The zero-order chi connectivity index (χ0) is 18.2. The first kappa shape index (κ1) is 17.9. The monoisotopic (exact) mass is 345 g/mol. The van der Waals surface area contributed by atoms with Gasteiger partial charge in [-0.25, -0.2) is 4.79 Å². The number of carbonyl (C=O) groups is 1. The number of hydrogen-bond acceptors (Lipinski definition) is 4. The van der Waals surface area contributed by atoms with Gasteiger partial charge in [0.05, 0.1) is 10.5 Å². The molecule has 0 radical (unpaired) electrons. The molecule has 1 aromatic rings. The minimum absolute atomic E-state index is 0.0235. The Balaban J connectivity index is 1.72. The molecule has 3 atom stereocenters. The van der Waals surface area contributed by atoms with E-state index in [-0.39, 0.29) is 5.69 Å². The lowest BCUT2D eigenvalue weighted by Crippen LogP contribution is -2.42. The first-order valence-corrected chi connectivity index (χ1v) is 9.21. The van der Waals surface area contributed by atoms with E-state index >= 15 is 0 Å². The molecule has 2 aliphatic rings. The third-order valence-corrected chi connectivity index (χ3v) is 6.48. The Bertz CT molecular complexity index is 667. The van der Waals surface area contributed by atoms with Crippen LogP contribution in [0.25, 0.3) is 0 Å². The maximum absolute atomic E-state index is 12.5. The molecule has 5 heteroatoms. The highest BCUT2D eigenvalue weighted by atomic mass is 16.6. The highest BCUT2D eigenvalue weighted by Crippen LogP contribution is 2.57. The number of rotatable bonds is 4. The molecule has 0 saturated heterocycles. The van der Waals surface area contributed by atoms with Gasteiger partial charge in [-0.1, -0.05) is 19.8 Å².